The summed E-state index contributed by atoms with van der Waals surface area (Å²) in [5.41, 5.74) is 0.346. The molecule has 0 saturated carbocycles. The van der Waals surface area contributed by atoms with Gasteiger partial charge in [-0.15, -0.1) is 0 Å². The van der Waals surface area contributed by atoms with Crippen LogP contribution in [0.5, 0.6) is 0 Å². The van der Waals surface area contributed by atoms with Gasteiger partial charge in [0.1, 0.15) is 5.82 Å². The van der Waals surface area contributed by atoms with E-state index in [9.17, 15) is 9.18 Å². The van der Waals surface area contributed by atoms with Gasteiger partial charge in [0, 0.05) is 30.9 Å². The topological polar surface area (TPSA) is 73.8 Å². The number of halogens is 1. The number of rotatable bonds is 5. The molecule has 0 radical (unpaired) electrons. The van der Waals surface area contributed by atoms with Crippen LogP contribution in [0.15, 0.2) is 18.2 Å². The van der Waals surface area contributed by atoms with Gasteiger partial charge in [-0.1, -0.05) is 0 Å². The molecule has 1 heterocycles. The van der Waals surface area contributed by atoms with Gasteiger partial charge in [-0.3, -0.25) is 0 Å². The number of ether oxygens (including phenoxy) is 1. The Hall–Kier alpha value is -1.86. The van der Waals surface area contributed by atoms with Crippen molar-refractivity contribution in [3.63, 3.8) is 0 Å². The van der Waals surface area contributed by atoms with Gasteiger partial charge in [-0.05, 0) is 52.3 Å². The Bertz CT molecular complexity index is 599. The second kappa shape index (κ2) is 8.01. The summed E-state index contributed by atoms with van der Waals surface area (Å²) in [5, 5.41) is 14.4. The van der Waals surface area contributed by atoms with Gasteiger partial charge in [-0.25, -0.2) is 9.18 Å². The minimum Gasteiger partial charge on any atom is -0.396 e. The van der Waals surface area contributed by atoms with Crippen LogP contribution in [0, 0.1) is 5.82 Å². The van der Waals surface area contributed by atoms with E-state index in [1.165, 1.54) is 6.07 Å². The zero-order valence-corrected chi connectivity index (χ0v) is 15.3. The van der Waals surface area contributed by atoms with Crippen molar-refractivity contribution in [2.24, 2.45) is 0 Å². The van der Waals surface area contributed by atoms with Crippen LogP contribution in [0.2, 0.25) is 0 Å². The zero-order chi connectivity index (χ0) is 18.6. The molecule has 2 rings (SSSR count). The molecule has 0 unspecified atom stereocenters. The number of morpholine rings is 1. The molecule has 1 aliphatic heterocycles. The molecule has 0 spiro atoms. The number of nitrogens with one attached hydrogen (secondary N) is 2. The molecule has 140 valence electrons. The summed E-state index contributed by atoms with van der Waals surface area (Å²) in [7, 11) is 0. The van der Waals surface area contributed by atoms with E-state index in [0.29, 0.717) is 30.9 Å². The summed E-state index contributed by atoms with van der Waals surface area (Å²) in [5.74, 6) is -0.381. The fourth-order valence-corrected chi connectivity index (χ4v) is 3.03. The third-order valence-electron chi connectivity index (χ3n) is 4.15. The molecular formula is C18H28FN3O3. The minimum absolute atomic E-state index is 0.0208. The molecule has 0 aromatic heterocycles. The second-order valence-corrected chi connectivity index (χ2v) is 7.27. The van der Waals surface area contributed by atoms with Crippen molar-refractivity contribution < 1.29 is 19.0 Å². The molecule has 3 N–H and O–H groups in total. The lowest BCUT2D eigenvalue weighted by atomic mass is 10.0. The standard InChI is InChI=1S/C18H28FN3O3/c1-12-10-22(11-13(2)25-12)16-6-5-14(9-15(16)19)20-17(24)21-18(3,4)7-8-23/h5-6,9,12-13,23H,7-8,10-11H2,1-4H3,(H2,20,21,24)/t12-,13-/m0/s1. The van der Waals surface area contributed by atoms with Crippen molar-refractivity contribution in [1.82, 2.24) is 5.32 Å². The quantitative estimate of drug-likeness (QED) is 0.761. The van der Waals surface area contributed by atoms with Crippen LogP contribution in [0.25, 0.3) is 0 Å². The number of amides is 2. The molecule has 2 atom stereocenters. The number of urea groups is 1. The van der Waals surface area contributed by atoms with Crippen molar-refractivity contribution in [2.75, 3.05) is 29.9 Å². The predicted octanol–water partition coefficient (Wildman–Crippen LogP) is 2.72. The normalized spacial score (nSPS) is 21.1. The summed E-state index contributed by atoms with van der Waals surface area (Å²) in [6.45, 7) is 8.80. The van der Waals surface area contributed by atoms with E-state index in [-0.39, 0.29) is 24.6 Å². The number of nitrogens with zero attached hydrogens (tertiary/aromatic N) is 1. The molecule has 1 fully saturated rings. The van der Waals surface area contributed by atoms with Crippen LogP contribution in [0.4, 0.5) is 20.6 Å². The van der Waals surface area contributed by atoms with Crippen molar-refractivity contribution in [3.8, 4) is 0 Å². The van der Waals surface area contributed by atoms with E-state index in [0.717, 1.165) is 0 Å². The van der Waals surface area contributed by atoms with Gasteiger partial charge in [0.25, 0.3) is 0 Å². The van der Waals surface area contributed by atoms with Gasteiger partial charge in [-0.2, -0.15) is 0 Å². The summed E-state index contributed by atoms with van der Waals surface area (Å²) in [6.07, 6.45) is 0.516. The summed E-state index contributed by atoms with van der Waals surface area (Å²) < 4.78 is 20.2. The Labute approximate surface area is 148 Å². The molecule has 6 nitrogen and oxygen atoms in total. The van der Waals surface area contributed by atoms with Crippen molar-refractivity contribution in [3.05, 3.63) is 24.0 Å². The first-order chi connectivity index (χ1) is 11.7. The number of carbonyl (C=O) groups is 1. The van der Waals surface area contributed by atoms with E-state index in [1.807, 2.05) is 32.6 Å². The van der Waals surface area contributed by atoms with Crippen molar-refractivity contribution in [2.45, 2.75) is 51.9 Å². The lowest BCUT2D eigenvalue weighted by Gasteiger charge is -2.37. The molecule has 1 aromatic rings. The third-order valence-corrected chi connectivity index (χ3v) is 4.15. The molecule has 7 heteroatoms. The van der Waals surface area contributed by atoms with E-state index >= 15 is 0 Å². The maximum absolute atomic E-state index is 14.5. The zero-order valence-electron chi connectivity index (χ0n) is 15.3. The number of benzene rings is 1. The first-order valence-corrected chi connectivity index (χ1v) is 8.60. The van der Waals surface area contributed by atoms with E-state index in [2.05, 4.69) is 10.6 Å². The van der Waals surface area contributed by atoms with Gasteiger partial charge < -0.3 is 25.4 Å². The van der Waals surface area contributed by atoms with Crippen LogP contribution in [-0.4, -0.2) is 48.6 Å². The fraction of sp³-hybridized carbons (Fsp3) is 0.611. The van der Waals surface area contributed by atoms with Crippen LogP contribution < -0.4 is 15.5 Å². The highest BCUT2D eigenvalue weighted by Crippen LogP contribution is 2.26. The average Bonchev–Trinajstić information content (AvgIpc) is 2.45. The Morgan fingerprint density at radius 2 is 2.00 bits per heavy atom. The number of hydrogen-bond acceptors (Lipinski definition) is 4. The SMILES string of the molecule is C[C@H]1CN(c2ccc(NC(=O)NC(C)(C)CCO)cc2F)C[C@H](C)O1. The van der Waals surface area contributed by atoms with E-state index < -0.39 is 11.6 Å². The molecular weight excluding hydrogens is 325 g/mol. The Morgan fingerprint density at radius 3 is 2.56 bits per heavy atom. The lowest BCUT2D eigenvalue weighted by Crippen LogP contribution is -2.46. The monoisotopic (exact) mass is 353 g/mol. The van der Waals surface area contributed by atoms with Crippen LogP contribution in [-0.2, 0) is 4.74 Å². The third kappa shape index (κ3) is 5.57. The van der Waals surface area contributed by atoms with Gasteiger partial charge >= 0.3 is 6.03 Å². The average molecular weight is 353 g/mol. The van der Waals surface area contributed by atoms with Gasteiger partial charge in [0.15, 0.2) is 0 Å². The molecule has 1 saturated heterocycles. The Morgan fingerprint density at radius 1 is 1.36 bits per heavy atom. The van der Waals surface area contributed by atoms with Crippen LogP contribution >= 0.6 is 0 Å². The largest absolute Gasteiger partial charge is 0.396 e. The van der Waals surface area contributed by atoms with Crippen molar-refractivity contribution in [1.29, 1.82) is 0 Å². The van der Waals surface area contributed by atoms with E-state index in [1.54, 1.807) is 12.1 Å². The minimum atomic E-state index is -0.544. The second-order valence-electron chi connectivity index (χ2n) is 7.27. The smallest absolute Gasteiger partial charge is 0.319 e. The number of carbonyl (C=O) groups excluding carboxylic acids is 1. The number of aliphatic hydroxyl groups excluding tert-OH is 1. The maximum atomic E-state index is 14.5. The summed E-state index contributed by atoms with van der Waals surface area (Å²) >= 11 is 0. The number of hydrogen-bond donors (Lipinski definition) is 3. The number of aliphatic hydroxyl groups is 1. The Kier molecular flexibility index (Phi) is 6.24. The molecule has 25 heavy (non-hydrogen) atoms. The lowest BCUT2D eigenvalue weighted by molar-refractivity contribution is -0.00539. The van der Waals surface area contributed by atoms with E-state index in [4.69, 9.17) is 9.84 Å². The first-order valence-electron chi connectivity index (χ1n) is 8.60. The van der Waals surface area contributed by atoms with Gasteiger partial charge in [0.2, 0.25) is 0 Å². The van der Waals surface area contributed by atoms with Crippen LogP contribution in [0.1, 0.15) is 34.1 Å². The van der Waals surface area contributed by atoms with Crippen molar-refractivity contribution >= 4 is 17.4 Å². The van der Waals surface area contributed by atoms with Gasteiger partial charge in [0.05, 0.1) is 17.9 Å². The summed E-state index contributed by atoms with van der Waals surface area (Å²) in [6, 6.07) is 4.24. The highest BCUT2D eigenvalue weighted by molar-refractivity contribution is 5.90. The Balaban J connectivity index is 2.03. The highest BCUT2D eigenvalue weighted by atomic mass is 19.1. The molecule has 2 amide bonds. The maximum Gasteiger partial charge on any atom is 0.319 e. The van der Waals surface area contributed by atoms with Crippen LogP contribution in [0.3, 0.4) is 0 Å². The molecule has 0 bridgehead atoms. The number of anilines is 2. The first kappa shape index (κ1) is 19.5. The fourth-order valence-electron chi connectivity index (χ4n) is 3.03. The molecule has 0 aliphatic carbocycles. The predicted molar refractivity (Wildman–Crippen MR) is 96.6 cm³/mol. The molecule has 1 aromatic carbocycles. The summed E-state index contributed by atoms with van der Waals surface area (Å²) in [4.78, 5) is 14.0. The molecule has 1 aliphatic rings. The highest BCUT2D eigenvalue weighted by Gasteiger charge is 2.24.